The molecule has 24 heavy (non-hydrogen) atoms. The second-order valence-corrected chi connectivity index (χ2v) is 13.4. The fraction of sp³-hybridized carbons (Fsp3) is 0.591. The summed E-state index contributed by atoms with van der Waals surface area (Å²) in [5.74, 6) is 0.439. The molecule has 0 bridgehead atoms. The predicted octanol–water partition coefficient (Wildman–Crippen LogP) is 6.45. The van der Waals surface area contributed by atoms with Crippen molar-refractivity contribution in [1.29, 1.82) is 0 Å². The van der Waals surface area contributed by atoms with Crippen LogP contribution in [0.4, 0.5) is 0 Å². The molecule has 1 aromatic carbocycles. The SMILES string of the molecule is CCCCCC/C=C(/[C@]1(c2ccccc2)CCC(=O)C1)[Si](C)(C)C. The van der Waals surface area contributed by atoms with Crippen molar-refractivity contribution in [2.24, 2.45) is 0 Å². The highest BCUT2D eigenvalue weighted by atomic mass is 28.3. The van der Waals surface area contributed by atoms with Crippen molar-refractivity contribution in [3.05, 3.63) is 47.2 Å². The van der Waals surface area contributed by atoms with Crippen molar-refractivity contribution in [3.63, 3.8) is 0 Å². The van der Waals surface area contributed by atoms with Crippen molar-refractivity contribution >= 4 is 13.9 Å². The highest BCUT2D eigenvalue weighted by Crippen LogP contribution is 2.48. The molecule has 2 heteroatoms. The molecule has 0 spiro atoms. The van der Waals surface area contributed by atoms with Gasteiger partial charge in [-0.05, 0) is 24.8 Å². The first-order chi connectivity index (χ1) is 11.4. The van der Waals surface area contributed by atoms with Gasteiger partial charge in [-0.25, -0.2) is 0 Å². The number of ketones is 1. The molecule has 0 unspecified atom stereocenters. The Labute approximate surface area is 149 Å². The standard InChI is InChI=1S/C22H34OSi/c1-5-6-7-8-12-15-21(24(2,3)4)22(17-16-20(23)18-22)19-13-10-9-11-14-19/h9-11,13-15H,5-8,12,16-18H2,1-4H3/b21-15-/t22-/m1/s1. The topological polar surface area (TPSA) is 17.1 Å². The second-order valence-electron chi connectivity index (χ2n) is 8.38. The Bertz CT molecular complexity index is 567. The van der Waals surface area contributed by atoms with Crippen molar-refractivity contribution in [2.45, 2.75) is 83.3 Å². The van der Waals surface area contributed by atoms with Gasteiger partial charge in [0.2, 0.25) is 0 Å². The second kappa shape index (κ2) is 8.29. The Kier molecular flexibility index (Phi) is 6.62. The fourth-order valence-electron chi connectivity index (χ4n) is 4.29. The largest absolute Gasteiger partial charge is 0.300 e. The molecule has 0 saturated heterocycles. The number of carbonyl (C=O) groups is 1. The summed E-state index contributed by atoms with van der Waals surface area (Å²) < 4.78 is 0. The Morgan fingerprint density at radius 1 is 1.12 bits per heavy atom. The minimum Gasteiger partial charge on any atom is -0.300 e. The van der Waals surface area contributed by atoms with E-state index in [1.165, 1.54) is 37.7 Å². The number of carbonyl (C=O) groups excluding carboxylic acids is 1. The molecule has 1 atom stereocenters. The van der Waals surface area contributed by atoms with Gasteiger partial charge in [0.15, 0.2) is 0 Å². The minimum atomic E-state index is -1.50. The number of allylic oxidation sites excluding steroid dienone is 2. The van der Waals surface area contributed by atoms with Crippen molar-refractivity contribution in [2.75, 3.05) is 0 Å². The van der Waals surface area contributed by atoms with Gasteiger partial charge in [-0.15, -0.1) is 0 Å². The number of Topliss-reactive ketones (excluding diaryl/α,β-unsaturated/α-hetero) is 1. The van der Waals surface area contributed by atoms with Crippen LogP contribution in [0.25, 0.3) is 0 Å². The zero-order valence-electron chi connectivity index (χ0n) is 16.0. The van der Waals surface area contributed by atoms with Gasteiger partial charge in [0.05, 0.1) is 8.07 Å². The molecule has 1 saturated carbocycles. The van der Waals surface area contributed by atoms with E-state index in [9.17, 15) is 4.79 Å². The molecule has 0 radical (unpaired) electrons. The first kappa shape index (κ1) is 19.2. The van der Waals surface area contributed by atoms with E-state index in [2.05, 4.69) is 63.0 Å². The molecule has 1 nitrogen and oxygen atoms in total. The van der Waals surface area contributed by atoms with E-state index in [1.54, 1.807) is 5.20 Å². The quantitative estimate of drug-likeness (QED) is 0.392. The summed E-state index contributed by atoms with van der Waals surface area (Å²) in [6.45, 7) is 9.59. The summed E-state index contributed by atoms with van der Waals surface area (Å²) in [4.78, 5) is 12.3. The van der Waals surface area contributed by atoms with E-state index in [0.29, 0.717) is 12.2 Å². The van der Waals surface area contributed by atoms with Crippen molar-refractivity contribution < 1.29 is 4.79 Å². The van der Waals surface area contributed by atoms with Crippen LogP contribution in [0.3, 0.4) is 0 Å². The number of rotatable bonds is 8. The first-order valence-corrected chi connectivity index (χ1v) is 13.2. The Morgan fingerprint density at radius 3 is 2.38 bits per heavy atom. The van der Waals surface area contributed by atoms with E-state index < -0.39 is 8.07 Å². The van der Waals surface area contributed by atoms with Crippen LogP contribution < -0.4 is 0 Å². The zero-order chi connectivity index (χ0) is 17.6. The Balaban J connectivity index is 2.36. The summed E-state index contributed by atoms with van der Waals surface area (Å²) >= 11 is 0. The van der Waals surface area contributed by atoms with Crippen LogP contribution in [0, 0.1) is 0 Å². The first-order valence-electron chi connectivity index (χ1n) is 9.68. The van der Waals surface area contributed by atoms with Gasteiger partial charge in [-0.1, -0.05) is 87.4 Å². The maximum atomic E-state index is 12.3. The summed E-state index contributed by atoms with van der Waals surface area (Å²) in [6, 6.07) is 10.8. The molecular weight excluding hydrogens is 308 g/mol. The maximum Gasteiger partial charge on any atom is 0.134 e. The maximum absolute atomic E-state index is 12.3. The number of benzene rings is 1. The molecule has 1 aromatic rings. The summed E-state index contributed by atoms with van der Waals surface area (Å²) in [6.07, 6.45) is 11.4. The highest BCUT2D eigenvalue weighted by molar-refractivity contribution is 6.83. The molecule has 1 aliphatic carbocycles. The number of hydrogen-bond acceptors (Lipinski definition) is 1. The van der Waals surface area contributed by atoms with Gasteiger partial charge in [0, 0.05) is 18.3 Å². The van der Waals surface area contributed by atoms with E-state index in [1.807, 2.05) is 0 Å². The number of hydrogen-bond donors (Lipinski definition) is 0. The third-order valence-electron chi connectivity index (χ3n) is 5.39. The van der Waals surface area contributed by atoms with Crippen molar-refractivity contribution in [3.8, 4) is 0 Å². The van der Waals surface area contributed by atoms with Crippen LogP contribution in [0.2, 0.25) is 19.6 Å². The van der Waals surface area contributed by atoms with E-state index >= 15 is 0 Å². The summed E-state index contributed by atoms with van der Waals surface area (Å²) in [5.41, 5.74) is 1.34. The molecule has 1 aliphatic rings. The monoisotopic (exact) mass is 342 g/mol. The molecule has 0 aliphatic heterocycles. The van der Waals surface area contributed by atoms with Crippen LogP contribution in [0.1, 0.15) is 63.9 Å². The van der Waals surface area contributed by atoms with E-state index in [-0.39, 0.29) is 5.41 Å². The van der Waals surface area contributed by atoms with Gasteiger partial charge in [0.25, 0.3) is 0 Å². The lowest BCUT2D eigenvalue weighted by molar-refractivity contribution is -0.117. The lowest BCUT2D eigenvalue weighted by Gasteiger charge is -2.39. The average Bonchev–Trinajstić information content (AvgIpc) is 2.93. The molecule has 2 rings (SSSR count). The van der Waals surface area contributed by atoms with Gasteiger partial charge < -0.3 is 0 Å². The predicted molar refractivity (Wildman–Crippen MR) is 107 cm³/mol. The lowest BCUT2D eigenvalue weighted by atomic mass is 9.78. The van der Waals surface area contributed by atoms with Crippen LogP contribution in [-0.4, -0.2) is 13.9 Å². The zero-order valence-corrected chi connectivity index (χ0v) is 17.0. The molecular formula is C22H34OSi. The third-order valence-corrected chi connectivity index (χ3v) is 7.68. The van der Waals surface area contributed by atoms with Crippen LogP contribution in [0.15, 0.2) is 41.6 Å². The van der Waals surface area contributed by atoms with Gasteiger partial charge in [-0.3, -0.25) is 4.79 Å². The Morgan fingerprint density at radius 2 is 1.83 bits per heavy atom. The van der Waals surface area contributed by atoms with Crippen molar-refractivity contribution in [1.82, 2.24) is 0 Å². The summed E-state index contributed by atoms with van der Waals surface area (Å²) in [5, 5.41) is 1.61. The van der Waals surface area contributed by atoms with Gasteiger partial charge in [0.1, 0.15) is 5.78 Å². The number of unbranched alkanes of at least 4 members (excludes halogenated alkanes) is 4. The molecule has 0 aromatic heterocycles. The van der Waals surface area contributed by atoms with Crippen LogP contribution >= 0.6 is 0 Å². The van der Waals surface area contributed by atoms with E-state index in [4.69, 9.17) is 0 Å². The highest BCUT2D eigenvalue weighted by Gasteiger charge is 2.46. The normalized spacial score (nSPS) is 22.2. The average molecular weight is 343 g/mol. The van der Waals surface area contributed by atoms with Gasteiger partial charge in [-0.2, -0.15) is 0 Å². The minimum absolute atomic E-state index is 0.0203. The molecule has 0 N–H and O–H groups in total. The van der Waals surface area contributed by atoms with Crippen LogP contribution in [0.5, 0.6) is 0 Å². The Hall–Kier alpha value is -1.15. The van der Waals surface area contributed by atoms with Gasteiger partial charge >= 0.3 is 0 Å². The fourth-order valence-corrected chi connectivity index (χ4v) is 6.84. The molecule has 0 heterocycles. The summed E-state index contributed by atoms with van der Waals surface area (Å²) in [7, 11) is -1.50. The molecule has 1 fully saturated rings. The smallest absolute Gasteiger partial charge is 0.134 e. The lowest BCUT2D eigenvalue weighted by Crippen LogP contribution is -2.39. The third kappa shape index (κ3) is 4.47. The molecule has 0 amide bonds. The van der Waals surface area contributed by atoms with E-state index in [0.717, 1.165) is 12.8 Å². The van der Waals surface area contributed by atoms with Crippen LogP contribution in [-0.2, 0) is 10.2 Å². The molecule has 132 valence electrons.